The smallest absolute Gasteiger partial charge is 0.0991 e. The Kier molecular flexibility index (Phi) is 4.12. The number of nitriles is 1. The van der Waals surface area contributed by atoms with E-state index in [9.17, 15) is 0 Å². The fourth-order valence-electron chi connectivity index (χ4n) is 3.68. The standard InChI is InChI=1S/C22H24N2/c23-15-18-8-6-17(7-9-18)10-11-22(12-13-22)16-24-21-14-20(21)19-4-2-1-3-5-19/h1-9,20-21,24H,10-14,16H2/t20?,21-/m0/s1. The number of nitrogens with one attached hydrogen (secondary N) is 1. The van der Waals surface area contributed by atoms with Crippen molar-refractivity contribution in [2.45, 2.75) is 44.1 Å². The zero-order valence-corrected chi connectivity index (χ0v) is 14.0. The molecule has 0 amide bonds. The van der Waals surface area contributed by atoms with Gasteiger partial charge in [-0.1, -0.05) is 42.5 Å². The number of rotatable bonds is 7. The van der Waals surface area contributed by atoms with Crippen LogP contribution in [0.5, 0.6) is 0 Å². The monoisotopic (exact) mass is 316 g/mol. The second kappa shape index (κ2) is 6.42. The minimum absolute atomic E-state index is 0.526. The van der Waals surface area contributed by atoms with Gasteiger partial charge in [0.2, 0.25) is 0 Å². The minimum atomic E-state index is 0.526. The average molecular weight is 316 g/mol. The van der Waals surface area contributed by atoms with Crippen LogP contribution in [0.25, 0.3) is 0 Å². The Bertz CT molecular complexity index is 723. The zero-order valence-electron chi connectivity index (χ0n) is 14.0. The lowest BCUT2D eigenvalue weighted by Crippen LogP contribution is -2.27. The fraction of sp³-hybridized carbons (Fsp3) is 0.409. The van der Waals surface area contributed by atoms with E-state index in [1.165, 1.54) is 36.8 Å². The molecule has 0 saturated heterocycles. The van der Waals surface area contributed by atoms with Crippen molar-refractivity contribution < 1.29 is 0 Å². The van der Waals surface area contributed by atoms with Crippen LogP contribution in [0.2, 0.25) is 0 Å². The lowest BCUT2D eigenvalue weighted by Gasteiger charge is -2.16. The molecule has 2 aromatic carbocycles. The van der Waals surface area contributed by atoms with Gasteiger partial charge in [-0.3, -0.25) is 0 Å². The normalized spacial score (nSPS) is 23.5. The molecule has 1 N–H and O–H groups in total. The molecule has 4 rings (SSSR count). The highest BCUT2D eigenvalue weighted by atomic mass is 15.0. The Morgan fingerprint density at radius 3 is 2.46 bits per heavy atom. The van der Waals surface area contributed by atoms with Crippen molar-refractivity contribution in [3.05, 3.63) is 71.3 Å². The molecule has 0 radical (unpaired) electrons. The molecule has 2 nitrogen and oxygen atoms in total. The molecule has 0 bridgehead atoms. The lowest BCUT2D eigenvalue weighted by atomic mass is 9.96. The minimum Gasteiger partial charge on any atom is -0.313 e. The molecular formula is C22H24N2. The Morgan fingerprint density at radius 1 is 1.04 bits per heavy atom. The average Bonchev–Trinajstić information content (AvgIpc) is 3.55. The van der Waals surface area contributed by atoms with Gasteiger partial charge in [-0.05, 0) is 60.8 Å². The van der Waals surface area contributed by atoms with Gasteiger partial charge in [0, 0.05) is 18.5 Å². The van der Waals surface area contributed by atoms with Gasteiger partial charge >= 0.3 is 0 Å². The summed E-state index contributed by atoms with van der Waals surface area (Å²) in [7, 11) is 0. The molecule has 0 aromatic heterocycles. The molecule has 122 valence electrons. The molecule has 2 fully saturated rings. The van der Waals surface area contributed by atoms with E-state index in [2.05, 4.69) is 53.9 Å². The molecule has 2 aliphatic carbocycles. The van der Waals surface area contributed by atoms with Gasteiger partial charge in [0.15, 0.2) is 0 Å². The summed E-state index contributed by atoms with van der Waals surface area (Å²) in [5, 5.41) is 12.7. The Hall–Kier alpha value is -2.11. The second-order valence-corrected chi connectivity index (χ2v) is 7.55. The first-order valence-electron chi connectivity index (χ1n) is 9.05. The van der Waals surface area contributed by atoms with Crippen molar-refractivity contribution in [2.75, 3.05) is 6.54 Å². The molecule has 2 atom stereocenters. The van der Waals surface area contributed by atoms with E-state index in [0.29, 0.717) is 11.5 Å². The lowest BCUT2D eigenvalue weighted by molar-refractivity contribution is 0.423. The van der Waals surface area contributed by atoms with Gasteiger partial charge in [0.1, 0.15) is 0 Å². The maximum atomic E-state index is 8.87. The van der Waals surface area contributed by atoms with E-state index < -0.39 is 0 Å². The highest BCUT2D eigenvalue weighted by molar-refractivity contribution is 5.32. The quantitative estimate of drug-likeness (QED) is 0.821. The van der Waals surface area contributed by atoms with Crippen LogP contribution in [-0.4, -0.2) is 12.6 Å². The number of hydrogen-bond donors (Lipinski definition) is 1. The Balaban J connectivity index is 1.24. The van der Waals surface area contributed by atoms with Crippen LogP contribution in [0.15, 0.2) is 54.6 Å². The van der Waals surface area contributed by atoms with Crippen molar-refractivity contribution in [1.82, 2.24) is 5.32 Å². The van der Waals surface area contributed by atoms with Crippen LogP contribution in [-0.2, 0) is 6.42 Å². The fourth-order valence-corrected chi connectivity index (χ4v) is 3.68. The first kappa shape index (κ1) is 15.4. The number of hydrogen-bond acceptors (Lipinski definition) is 2. The first-order valence-corrected chi connectivity index (χ1v) is 9.05. The summed E-state index contributed by atoms with van der Waals surface area (Å²) in [4.78, 5) is 0. The predicted molar refractivity (Wildman–Crippen MR) is 96.7 cm³/mol. The molecule has 2 heteroatoms. The van der Waals surface area contributed by atoms with Gasteiger partial charge < -0.3 is 5.32 Å². The molecule has 2 saturated carbocycles. The molecule has 24 heavy (non-hydrogen) atoms. The van der Waals surface area contributed by atoms with Crippen molar-refractivity contribution >= 4 is 0 Å². The molecular weight excluding hydrogens is 292 g/mol. The van der Waals surface area contributed by atoms with E-state index in [1.807, 2.05) is 12.1 Å². The molecule has 0 spiro atoms. The van der Waals surface area contributed by atoms with Crippen LogP contribution in [0.4, 0.5) is 0 Å². The maximum Gasteiger partial charge on any atom is 0.0991 e. The summed E-state index contributed by atoms with van der Waals surface area (Å²) in [5.41, 5.74) is 4.12. The van der Waals surface area contributed by atoms with Crippen LogP contribution in [0.3, 0.4) is 0 Å². The number of nitrogens with zero attached hydrogens (tertiary/aromatic N) is 1. The molecule has 2 aliphatic rings. The van der Waals surface area contributed by atoms with Crippen LogP contribution >= 0.6 is 0 Å². The van der Waals surface area contributed by atoms with Gasteiger partial charge in [-0.2, -0.15) is 5.26 Å². The van der Waals surface area contributed by atoms with E-state index in [4.69, 9.17) is 5.26 Å². The Morgan fingerprint density at radius 2 is 1.79 bits per heavy atom. The van der Waals surface area contributed by atoms with Crippen LogP contribution in [0, 0.1) is 16.7 Å². The van der Waals surface area contributed by atoms with E-state index >= 15 is 0 Å². The molecule has 1 unspecified atom stereocenters. The predicted octanol–water partition coefficient (Wildman–Crippen LogP) is 4.42. The number of benzene rings is 2. The van der Waals surface area contributed by atoms with Gasteiger partial charge in [-0.15, -0.1) is 0 Å². The largest absolute Gasteiger partial charge is 0.313 e. The first-order chi connectivity index (χ1) is 11.8. The van der Waals surface area contributed by atoms with Crippen molar-refractivity contribution in [3.63, 3.8) is 0 Å². The summed E-state index contributed by atoms with van der Waals surface area (Å²) < 4.78 is 0. The zero-order chi connectivity index (χ0) is 16.4. The maximum absolute atomic E-state index is 8.87. The molecule has 2 aromatic rings. The van der Waals surface area contributed by atoms with E-state index in [1.54, 1.807) is 0 Å². The summed E-state index contributed by atoms with van der Waals surface area (Å²) in [6.45, 7) is 1.16. The van der Waals surface area contributed by atoms with E-state index in [-0.39, 0.29) is 0 Å². The van der Waals surface area contributed by atoms with Crippen molar-refractivity contribution in [1.29, 1.82) is 5.26 Å². The Labute approximate surface area is 144 Å². The number of aryl methyl sites for hydroxylation is 1. The highest BCUT2D eigenvalue weighted by Gasteiger charge is 2.45. The van der Waals surface area contributed by atoms with Crippen molar-refractivity contribution in [2.24, 2.45) is 5.41 Å². The summed E-state index contributed by atoms with van der Waals surface area (Å²) in [5.74, 6) is 0.723. The summed E-state index contributed by atoms with van der Waals surface area (Å²) in [6, 6.07) is 21.8. The van der Waals surface area contributed by atoms with E-state index in [0.717, 1.165) is 24.4 Å². The second-order valence-electron chi connectivity index (χ2n) is 7.55. The molecule has 0 aliphatic heterocycles. The van der Waals surface area contributed by atoms with Crippen LogP contribution < -0.4 is 5.32 Å². The summed E-state index contributed by atoms with van der Waals surface area (Å²) >= 11 is 0. The summed E-state index contributed by atoms with van der Waals surface area (Å²) in [6.07, 6.45) is 6.39. The molecule has 0 heterocycles. The van der Waals surface area contributed by atoms with Gasteiger partial charge in [-0.25, -0.2) is 0 Å². The topological polar surface area (TPSA) is 35.8 Å². The third-order valence-electron chi connectivity index (χ3n) is 5.74. The SMILES string of the molecule is N#Cc1ccc(CCC2(CN[C@H]3CC3c3ccccc3)CC2)cc1. The van der Waals surface area contributed by atoms with Crippen molar-refractivity contribution in [3.8, 4) is 6.07 Å². The third-order valence-corrected chi connectivity index (χ3v) is 5.74. The van der Waals surface area contributed by atoms with Gasteiger partial charge in [0.25, 0.3) is 0 Å². The highest BCUT2D eigenvalue weighted by Crippen LogP contribution is 2.50. The van der Waals surface area contributed by atoms with Crippen LogP contribution in [0.1, 0.15) is 48.3 Å². The van der Waals surface area contributed by atoms with Gasteiger partial charge in [0.05, 0.1) is 11.6 Å². The third kappa shape index (κ3) is 3.52.